The van der Waals surface area contributed by atoms with Gasteiger partial charge in [-0.15, -0.1) is 0 Å². The summed E-state index contributed by atoms with van der Waals surface area (Å²) in [6.45, 7) is 1.49. The van der Waals surface area contributed by atoms with Crippen LogP contribution in [0.2, 0.25) is 0 Å². The average molecular weight is 493 g/mol. The Bertz CT molecular complexity index is 1450. The van der Waals surface area contributed by atoms with Crippen molar-refractivity contribution in [1.29, 1.82) is 0 Å². The maximum Gasteiger partial charge on any atom is 0.263 e. The number of nitrogens with zero attached hydrogens (tertiary/aromatic N) is 3. The van der Waals surface area contributed by atoms with Gasteiger partial charge in [0.2, 0.25) is 0 Å². The average Bonchev–Trinajstić information content (AvgIpc) is 2.86. The number of likely N-dealkylation sites (N-methyl/N-ethyl adjacent to an activating group) is 1. The number of carbonyl (C=O) groups is 1. The van der Waals surface area contributed by atoms with Gasteiger partial charge >= 0.3 is 0 Å². The Hall–Kier alpha value is -4.11. The Labute approximate surface area is 207 Å². The number of carbonyl (C=O) groups excluding carboxylic acids is 1. The van der Waals surface area contributed by atoms with Crippen molar-refractivity contribution in [3.05, 3.63) is 106 Å². The van der Waals surface area contributed by atoms with Crippen molar-refractivity contribution in [2.24, 2.45) is 0 Å². The minimum absolute atomic E-state index is 0.00538. The molecule has 0 bridgehead atoms. The first-order chi connectivity index (χ1) is 17.3. The second kappa shape index (κ2) is 11.1. The molecule has 1 amide bonds. The molecule has 0 aliphatic rings. The van der Waals surface area contributed by atoms with Gasteiger partial charge in [-0.25, -0.2) is 8.78 Å². The lowest BCUT2D eigenvalue weighted by molar-refractivity contribution is 0.0949. The van der Waals surface area contributed by atoms with Crippen LogP contribution in [0.5, 0.6) is 5.75 Å². The number of ether oxygens (including phenoxy) is 1. The van der Waals surface area contributed by atoms with Gasteiger partial charge in [-0.05, 0) is 67.7 Å². The third-order valence-corrected chi connectivity index (χ3v) is 5.62. The van der Waals surface area contributed by atoms with E-state index in [2.05, 4.69) is 10.3 Å². The fourth-order valence-electron chi connectivity index (χ4n) is 3.69. The van der Waals surface area contributed by atoms with Gasteiger partial charge in [0.15, 0.2) is 11.6 Å². The van der Waals surface area contributed by atoms with E-state index in [0.29, 0.717) is 17.9 Å². The molecule has 2 aromatic carbocycles. The summed E-state index contributed by atoms with van der Waals surface area (Å²) in [5.74, 6) is -1.78. The van der Waals surface area contributed by atoms with E-state index in [4.69, 9.17) is 4.74 Å². The van der Waals surface area contributed by atoms with Gasteiger partial charge < -0.3 is 19.5 Å². The molecule has 0 atom stereocenters. The van der Waals surface area contributed by atoms with Crippen LogP contribution >= 0.6 is 0 Å². The van der Waals surface area contributed by atoms with Crippen LogP contribution < -0.4 is 15.6 Å². The highest BCUT2D eigenvalue weighted by atomic mass is 19.2. The van der Waals surface area contributed by atoms with Gasteiger partial charge in [-0.3, -0.25) is 14.6 Å². The molecule has 0 spiro atoms. The Morgan fingerprint density at radius 2 is 1.86 bits per heavy atom. The quantitative estimate of drug-likeness (QED) is 0.387. The lowest BCUT2D eigenvalue weighted by Crippen LogP contribution is -2.32. The lowest BCUT2D eigenvalue weighted by atomic mass is 10.1. The smallest absolute Gasteiger partial charge is 0.263 e. The molecule has 0 aliphatic heterocycles. The molecule has 2 heterocycles. The first kappa shape index (κ1) is 25.0. The van der Waals surface area contributed by atoms with Gasteiger partial charge in [0, 0.05) is 30.9 Å². The molecule has 0 aliphatic carbocycles. The summed E-state index contributed by atoms with van der Waals surface area (Å²) in [6.07, 6.45) is 3.18. The van der Waals surface area contributed by atoms with Crippen molar-refractivity contribution in [3.63, 3.8) is 0 Å². The van der Waals surface area contributed by atoms with Crippen molar-refractivity contribution in [2.75, 3.05) is 27.2 Å². The SMILES string of the molecule is CN(C)CCOc1ccnc2ccc(CNC(=O)c3cccn(Cc4ccc(F)c(F)c4)c3=O)cc12. The van der Waals surface area contributed by atoms with Gasteiger partial charge in [-0.2, -0.15) is 0 Å². The van der Waals surface area contributed by atoms with Crippen LogP contribution in [-0.4, -0.2) is 47.6 Å². The highest BCUT2D eigenvalue weighted by molar-refractivity contribution is 5.93. The fourth-order valence-corrected chi connectivity index (χ4v) is 3.69. The molecule has 0 saturated carbocycles. The van der Waals surface area contributed by atoms with Crippen LogP contribution in [0.3, 0.4) is 0 Å². The van der Waals surface area contributed by atoms with E-state index in [1.165, 1.54) is 22.9 Å². The number of pyridine rings is 2. The third-order valence-electron chi connectivity index (χ3n) is 5.62. The van der Waals surface area contributed by atoms with Gasteiger partial charge in [-0.1, -0.05) is 12.1 Å². The Balaban J connectivity index is 1.47. The normalized spacial score (nSPS) is 11.1. The van der Waals surface area contributed by atoms with Crippen LogP contribution in [0, 0.1) is 11.6 Å². The monoisotopic (exact) mass is 492 g/mol. The number of nitrogens with one attached hydrogen (secondary N) is 1. The summed E-state index contributed by atoms with van der Waals surface area (Å²) in [5.41, 5.74) is 1.42. The van der Waals surface area contributed by atoms with E-state index in [9.17, 15) is 18.4 Å². The van der Waals surface area contributed by atoms with E-state index in [0.717, 1.165) is 35.1 Å². The Morgan fingerprint density at radius 3 is 2.64 bits per heavy atom. The van der Waals surface area contributed by atoms with Gasteiger partial charge in [0.05, 0.1) is 12.1 Å². The zero-order valence-corrected chi connectivity index (χ0v) is 20.0. The summed E-state index contributed by atoms with van der Waals surface area (Å²) in [6, 6.07) is 13.8. The molecule has 1 N–H and O–H groups in total. The van der Waals surface area contributed by atoms with Gasteiger partial charge in [0.1, 0.15) is 17.9 Å². The number of rotatable bonds is 9. The molecular formula is C27H26F2N4O3. The highest BCUT2D eigenvalue weighted by Gasteiger charge is 2.13. The first-order valence-electron chi connectivity index (χ1n) is 11.4. The van der Waals surface area contributed by atoms with Crippen LogP contribution in [-0.2, 0) is 13.1 Å². The van der Waals surface area contributed by atoms with E-state index in [1.54, 1.807) is 18.3 Å². The molecule has 0 unspecified atom stereocenters. The fraction of sp³-hybridized carbons (Fsp3) is 0.222. The topological polar surface area (TPSA) is 76.5 Å². The molecular weight excluding hydrogens is 466 g/mol. The molecule has 0 radical (unpaired) electrons. The Kier molecular flexibility index (Phi) is 7.70. The molecule has 2 aromatic heterocycles. The lowest BCUT2D eigenvalue weighted by Gasteiger charge is -2.13. The zero-order chi connectivity index (χ0) is 25.7. The maximum atomic E-state index is 13.5. The minimum Gasteiger partial charge on any atom is -0.491 e. The van der Waals surface area contributed by atoms with E-state index >= 15 is 0 Å². The molecule has 9 heteroatoms. The molecule has 4 rings (SSSR count). The van der Waals surface area contributed by atoms with E-state index < -0.39 is 23.1 Å². The summed E-state index contributed by atoms with van der Waals surface area (Å²) in [5, 5.41) is 3.61. The number of hydrogen-bond acceptors (Lipinski definition) is 5. The Morgan fingerprint density at radius 1 is 1.06 bits per heavy atom. The van der Waals surface area contributed by atoms with Crippen LogP contribution in [0.4, 0.5) is 8.78 Å². The minimum atomic E-state index is -0.994. The van der Waals surface area contributed by atoms with Crippen molar-refractivity contribution >= 4 is 16.8 Å². The summed E-state index contributed by atoms with van der Waals surface area (Å²) in [4.78, 5) is 32.1. The van der Waals surface area contributed by atoms with Gasteiger partial charge in [0.25, 0.3) is 11.5 Å². The molecule has 4 aromatic rings. The molecule has 0 fully saturated rings. The standard InChI is InChI=1S/C27H26F2N4O3/c1-32(2)12-13-36-25-9-10-30-24-8-6-18(14-21(24)25)16-31-26(34)20-4-3-11-33(27(20)35)17-19-5-7-22(28)23(29)15-19/h3-11,14-15H,12-13,16-17H2,1-2H3,(H,31,34). The third kappa shape index (κ3) is 5.92. The molecule has 36 heavy (non-hydrogen) atoms. The van der Waals surface area contributed by atoms with Crippen LogP contribution in [0.1, 0.15) is 21.5 Å². The summed E-state index contributed by atoms with van der Waals surface area (Å²) < 4.78 is 33.9. The maximum absolute atomic E-state index is 13.5. The number of halogens is 2. The van der Waals surface area contributed by atoms with Crippen molar-refractivity contribution in [2.45, 2.75) is 13.1 Å². The summed E-state index contributed by atoms with van der Waals surface area (Å²) >= 11 is 0. The van der Waals surface area contributed by atoms with Crippen molar-refractivity contribution < 1.29 is 18.3 Å². The largest absolute Gasteiger partial charge is 0.491 e. The predicted molar refractivity (Wildman–Crippen MR) is 133 cm³/mol. The van der Waals surface area contributed by atoms with E-state index in [1.807, 2.05) is 37.2 Å². The summed E-state index contributed by atoms with van der Waals surface area (Å²) in [7, 11) is 3.94. The zero-order valence-electron chi connectivity index (χ0n) is 20.0. The number of fused-ring (bicyclic) bond motifs is 1. The first-order valence-corrected chi connectivity index (χ1v) is 11.4. The second-order valence-corrected chi connectivity index (χ2v) is 8.60. The number of benzene rings is 2. The second-order valence-electron chi connectivity index (χ2n) is 8.60. The molecule has 186 valence electrons. The van der Waals surface area contributed by atoms with E-state index in [-0.39, 0.29) is 18.7 Å². The van der Waals surface area contributed by atoms with Crippen molar-refractivity contribution in [3.8, 4) is 5.75 Å². The molecule has 7 nitrogen and oxygen atoms in total. The van der Waals surface area contributed by atoms with Crippen LogP contribution in [0.25, 0.3) is 10.9 Å². The highest BCUT2D eigenvalue weighted by Crippen LogP contribution is 2.25. The predicted octanol–water partition coefficient (Wildman–Crippen LogP) is 3.59. The van der Waals surface area contributed by atoms with Crippen LogP contribution in [0.15, 0.2) is 71.8 Å². The number of amides is 1. The number of aromatic nitrogens is 2. The molecule has 0 saturated heterocycles. The van der Waals surface area contributed by atoms with Crippen molar-refractivity contribution in [1.82, 2.24) is 19.8 Å². The number of hydrogen-bond donors (Lipinski definition) is 1.